The number of benzene rings is 1. The highest BCUT2D eigenvalue weighted by Gasteiger charge is 2.21. The Balaban J connectivity index is 1.91. The van der Waals surface area contributed by atoms with Crippen LogP contribution >= 0.6 is 15.9 Å². The topological polar surface area (TPSA) is 55.2 Å². The van der Waals surface area contributed by atoms with Crippen molar-refractivity contribution in [1.82, 2.24) is 0 Å². The molecule has 1 aromatic carbocycles. The largest absolute Gasteiger partial charge is 0.382 e. The summed E-state index contributed by atoms with van der Waals surface area (Å²) in [4.78, 5) is 10.4. The summed E-state index contributed by atoms with van der Waals surface area (Å²) in [5, 5.41) is 14.3. The molecule has 1 saturated carbocycles. The Morgan fingerprint density at radius 3 is 2.60 bits per heavy atom. The zero-order valence-electron chi connectivity index (χ0n) is 11.8. The number of nitrogens with zero attached hydrogens (tertiary/aromatic N) is 1. The molecular weight excluding hydrogens is 320 g/mol. The summed E-state index contributed by atoms with van der Waals surface area (Å²) in [5.41, 5.74) is 1.07. The third kappa shape index (κ3) is 3.95. The molecule has 1 aliphatic carbocycles. The van der Waals surface area contributed by atoms with E-state index in [4.69, 9.17) is 0 Å². The molecule has 0 amide bonds. The lowest BCUT2D eigenvalue weighted by atomic mass is 9.83. The molecule has 0 atom stereocenters. The van der Waals surface area contributed by atoms with Gasteiger partial charge in [-0.3, -0.25) is 10.1 Å². The first-order chi connectivity index (χ1) is 9.60. The fraction of sp³-hybridized carbons (Fsp3) is 0.600. The van der Waals surface area contributed by atoms with E-state index in [-0.39, 0.29) is 10.6 Å². The minimum Gasteiger partial charge on any atom is -0.382 e. The average Bonchev–Trinajstić information content (AvgIpc) is 2.41. The Hall–Kier alpha value is -1.10. The number of hydrogen-bond donors (Lipinski definition) is 1. The zero-order chi connectivity index (χ0) is 14.5. The van der Waals surface area contributed by atoms with Crippen LogP contribution in [0.25, 0.3) is 0 Å². The van der Waals surface area contributed by atoms with E-state index < -0.39 is 0 Å². The first-order valence-electron chi connectivity index (χ1n) is 7.30. The van der Waals surface area contributed by atoms with Gasteiger partial charge >= 0.3 is 0 Å². The highest BCUT2D eigenvalue weighted by Crippen LogP contribution is 2.32. The lowest BCUT2D eigenvalue weighted by Crippen LogP contribution is -2.26. The van der Waals surface area contributed by atoms with Crippen molar-refractivity contribution in [3.8, 4) is 0 Å². The van der Waals surface area contributed by atoms with Gasteiger partial charge < -0.3 is 5.32 Å². The molecular formula is C15H21BrN2O2. The van der Waals surface area contributed by atoms with Crippen molar-refractivity contribution in [2.45, 2.75) is 51.5 Å². The van der Waals surface area contributed by atoms with Crippen molar-refractivity contribution in [2.24, 2.45) is 5.92 Å². The molecule has 1 fully saturated rings. The molecule has 0 bridgehead atoms. The van der Waals surface area contributed by atoms with Crippen molar-refractivity contribution in [3.63, 3.8) is 0 Å². The number of halogens is 1. The second kappa shape index (κ2) is 7.07. The molecule has 0 saturated heterocycles. The second-order valence-corrected chi connectivity index (χ2v) is 6.43. The SMILES string of the molecule is CCCC1CCC(Nc2ccc([N+](=O)[O-])c(Br)c2)CC1. The quantitative estimate of drug-likeness (QED) is 0.597. The van der Waals surface area contributed by atoms with Gasteiger partial charge in [0.25, 0.3) is 5.69 Å². The van der Waals surface area contributed by atoms with Gasteiger partial charge in [0.15, 0.2) is 0 Å². The fourth-order valence-electron chi connectivity index (χ4n) is 2.98. The molecule has 4 nitrogen and oxygen atoms in total. The smallest absolute Gasteiger partial charge is 0.283 e. The Morgan fingerprint density at radius 2 is 2.05 bits per heavy atom. The minimum absolute atomic E-state index is 0.113. The van der Waals surface area contributed by atoms with Crippen LogP contribution in [0.2, 0.25) is 0 Å². The molecule has 1 aromatic rings. The van der Waals surface area contributed by atoms with E-state index in [1.165, 1.54) is 38.5 Å². The van der Waals surface area contributed by atoms with Crippen molar-refractivity contribution in [1.29, 1.82) is 0 Å². The van der Waals surface area contributed by atoms with Gasteiger partial charge in [0.1, 0.15) is 0 Å². The van der Waals surface area contributed by atoms with Gasteiger partial charge in [-0.05, 0) is 59.7 Å². The summed E-state index contributed by atoms with van der Waals surface area (Å²) < 4.78 is 0.534. The molecule has 0 aromatic heterocycles. The first-order valence-corrected chi connectivity index (χ1v) is 8.10. The number of rotatable bonds is 5. The van der Waals surface area contributed by atoms with Gasteiger partial charge in [-0.15, -0.1) is 0 Å². The van der Waals surface area contributed by atoms with Crippen LogP contribution in [0.5, 0.6) is 0 Å². The Kier molecular flexibility index (Phi) is 5.40. The van der Waals surface area contributed by atoms with Crippen molar-refractivity contribution in [2.75, 3.05) is 5.32 Å². The molecule has 0 unspecified atom stereocenters. The number of hydrogen-bond acceptors (Lipinski definition) is 3. The van der Waals surface area contributed by atoms with Crippen LogP contribution in [0.3, 0.4) is 0 Å². The summed E-state index contributed by atoms with van der Waals surface area (Å²) in [7, 11) is 0. The lowest BCUT2D eigenvalue weighted by molar-refractivity contribution is -0.385. The standard InChI is InChI=1S/C15H21BrN2O2/c1-2-3-11-4-6-12(7-5-11)17-13-8-9-15(18(19)20)14(16)10-13/h8-12,17H,2-7H2,1H3. The van der Waals surface area contributed by atoms with Crippen LogP contribution < -0.4 is 5.32 Å². The second-order valence-electron chi connectivity index (χ2n) is 5.57. The van der Waals surface area contributed by atoms with E-state index in [0.29, 0.717) is 10.5 Å². The van der Waals surface area contributed by atoms with E-state index in [1.807, 2.05) is 0 Å². The predicted molar refractivity (Wildman–Crippen MR) is 85.1 cm³/mol. The molecule has 5 heteroatoms. The Labute approximate surface area is 128 Å². The number of nitro benzene ring substituents is 1. The van der Waals surface area contributed by atoms with Gasteiger partial charge in [-0.2, -0.15) is 0 Å². The third-order valence-corrected chi connectivity index (χ3v) is 4.69. The van der Waals surface area contributed by atoms with Gasteiger partial charge in [0, 0.05) is 17.8 Å². The summed E-state index contributed by atoms with van der Waals surface area (Å²) in [6, 6.07) is 5.64. The van der Waals surface area contributed by atoms with Crippen molar-refractivity contribution in [3.05, 3.63) is 32.8 Å². The van der Waals surface area contributed by atoms with Crippen LogP contribution in [0.4, 0.5) is 11.4 Å². The number of anilines is 1. The van der Waals surface area contributed by atoms with Crippen LogP contribution in [0.1, 0.15) is 45.4 Å². The van der Waals surface area contributed by atoms with Crippen LogP contribution in [0, 0.1) is 16.0 Å². The molecule has 2 rings (SSSR count). The van der Waals surface area contributed by atoms with Crippen LogP contribution in [-0.2, 0) is 0 Å². The maximum absolute atomic E-state index is 10.8. The molecule has 1 aliphatic rings. The normalized spacial score (nSPS) is 22.5. The van der Waals surface area contributed by atoms with Gasteiger partial charge in [0.05, 0.1) is 9.40 Å². The fourth-order valence-corrected chi connectivity index (χ4v) is 3.51. The highest BCUT2D eigenvalue weighted by atomic mass is 79.9. The Morgan fingerprint density at radius 1 is 1.35 bits per heavy atom. The lowest BCUT2D eigenvalue weighted by Gasteiger charge is -2.29. The third-order valence-electron chi connectivity index (χ3n) is 4.06. The monoisotopic (exact) mass is 340 g/mol. The van der Waals surface area contributed by atoms with Gasteiger partial charge in [-0.1, -0.05) is 19.8 Å². The maximum Gasteiger partial charge on any atom is 0.283 e. The van der Waals surface area contributed by atoms with E-state index in [0.717, 1.165) is 11.6 Å². The summed E-state index contributed by atoms with van der Waals surface area (Å²) in [5.74, 6) is 0.890. The molecule has 0 heterocycles. The summed E-state index contributed by atoms with van der Waals surface area (Å²) >= 11 is 3.26. The molecule has 0 radical (unpaired) electrons. The molecule has 0 aliphatic heterocycles. The maximum atomic E-state index is 10.8. The zero-order valence-corrected chi connectivity index (χ0v) is 13.4. The Bertz CT molecular complexity index is 471. The summed E-state index contributed by atoms with van der Waals surface area (Å²) in [6.45, 7) is 2.25. The van der Waals surface area contributed by atoms with E-state index in [1.54, 1.807) is 18.2 Å². The van der Waals surface area contributed by atoms with E-state index in [2.05, 4.69) is 28.2 Å². The van der Waals surface area contributed by atoms with Crippen LogP contribution in [0.15, 0.2) is 22.7 Å². The number of nitro groups is 1. The van der Waals surface area contributed by atoms with E-state index >= 15 is 0 Å². The first kappa shape index (κ1) is 15.3. The molecule has 0 spiro atoms. The van der Waals surface area contributed by atoms with Crippen molar-refractivity contribution >= 4 is 27.3 Å². The minimum atomic E-state index is -0.371. The molecule has 110 valence electrons. The molecule has 1 N–H and O–H groups in total. The summed E-state index contributed by atoms with van der Waals surface area (Å²) in [6.07, 6.45) is 7.59. The van der Waals surface area contributed by atoms with Gasteiger partial charge in [0.2, 0.25) is 0 Å². The molecule has 20 heavy (non-hydrogen) atoms. The van der Waals surface area contributed by atoms with Crippen LogP contribution in [-0.4, -0.2) is 11.0 Å². The highest BCUT2D eigenvalue weighted by molar-refractivity contribution is 9.10. The van der Waals surface area contributed by atoms with Gasteiger partial charge in [-0.25, -0.2) is 0 Å². The van der Waals surface area contributed by atoms with E-state index in [9.17, 15) is 10.1 Å². The average molecular weight is 341 g/mol. The number of nitrogens with one attached hydrogen (secondary N) is 1. The predicted octanol–water partition coefficient (Wildman–Crippen LogP) is 5.13. The van der Waals surface area contributed by atoms with Crippen molar-refractivity contribution < 1.29 is 4.92 Å².